The highest BCUT2D eigenvalue weighted by atomic mass is 16.1. The molecule has 2 nitrogen and oxygen atoms in total. The third-order valence-corrected chi connectivity index (χ3v) is 5.01. The van der Waals surface area contributed by atoms with E-state index in [0.29, 0.717) is 5.56 Å². The summed E-state index contributed by atoms with van der Waals surface area (Å²) in [6.07, 6.45) is 4.10. The number of aromatic nitrogens is 1. The van der Waals surface area contributed by atoms with Crippen LogP contribution in [0.25, 0.3) is 27.4 Å². The monoisotopic (exact) mass is 347 g/mol. The zero-order valence-corrected chi connectivity index (χ0v) is 14.7. The second-order valence-corrected chi connectivity index (χ2v) is 6.64. The first kappa shape index (κ1) is 15.6. The smallest absolute Gasteiger partial charge is 0.195 e. The average molecular weight is 347 g/mol. The van der Waals surface area contributed by atoms with Gasteiger partial charge in [-0.25, -0.2) is 0 Å². The minimum Gasteiger partial charge on any atom is -0.322 e. The molecule has 0 spiro atoms. The van der Waals surface area contributed by atoms with Crippen molar-refractivity contribution in [3.63, 3.8) is 0 Å². The molecule has 0 amide bonds. The molecule has 5 aromatic rings. The Morgan fingerprint density at radius 1 is 0.704 bits per heavy atom. The Morgan fingerprint density at radius 3 is 2.15 bits per heavy atom. The van der Waals surface area contributed by atoms with Gasteiger partial charge in [-0.2, -0.15) is 0 Å². The van der Waals surface area contributed by atoms with E-state index in [1.165, 1.54) is 0 Å². The van der Waals surface area contributed by atoms with Crippen LogP contribution in [0.1, 0.15) is 15.9 Å². The lowest BCUT2D eigenvalue weighted by molar-refractivity contribution is 0.104. The molecule has 2 heterocycles. The van der Waals surface area contributed by atoms with Crippen molar-refractivity contribution in [3.05, 3.63) is 115 Å². The highest BCUT2D eigenvalue weighted by Gasteiger charge is 2.21. The first-order valence-electron chi connectivity index (χ1n) is 9.00. The number of fused-ring (bicyclic) bond motifs is 3. The lowest BCUT2D eigenvalue weighted by Gasteiger charge is -2.07. The van der Waals surface area contributed by atoms with Gasteiger partial charge >= 0.3 is 0 Å². The second kappa shape index (κ2) is 6.26. The molecule has 0 radical (unpaired) electrons. The fourth-order valence-corrected chi connectivity index (χ4v) is 3.74. The fraction of sp³-hybridized carbons (Fsp3) is 0. The first-order chi connectivity index (χ1) is 13.3. The lowest BCUT2D eigenvalue weighted by atomic mass is 9.95. The van der Waals surface area contributed by atoms with Crippen LogP contribution in [-0.4, -0.2) is 10.2 Å². The number of hydrogen-bond acceptors (Lipinski definition) is 1. The number of nitrogens with zero attached hydrogens (tertiary/aromatic N) is 1. The van der Waals surface area contributed by atoms with E-state index in [1.807, 2.05) is 66.9 Å². The molecule has 0 aliphatic carbocycles. The van der Waals surface area contributed by atoms with Gasteiger partial charge in [0.1, 0.15) is 0 Å². The van der Waals surface area contributed by atoms with Crippen molar-refractivity contribution in [1.82, 2.24) is 4.40 Å². The summed E-state index contributed by atoms with van der Waals surface area (Å²) in [5, 5.41) is 2.21. The molecule has 0 N–H and O–H groups in total. The summed E-state index contributed by atoms with van der Waals surface area (Å²) in [6.45, 7) is 0. The Bertz CT molecular complexity index is 1270. The van der Waals surface area contributed by atoms with Gasteiger partial charge in [0.25, 0.3) is 0 Å². The Morgan fingerprint density at radius 2 is 1.37 bits per heavy atom. The largest absolute Gasteiger partial charge is 0.322 e. The maximum absolute atomic E-state index is 13.5. The number of hydrogen-bond donors (Lipinski definition) is 0. The van der Waals surface area contributed by atoms with Crippen molar-refractivity contribution in [2.24, 2.45) is 0 Å². The van der Waals surface area contributed by atoms with Crippen molar-refractivity contribution in [2.75, 3.05) is 0 Å². The molecule has 0 saturated heterocycles. The zero-order valence-electron chi connectivity index (χ0n) is 14.7. The maximum atomic E-state index is 13.5. The molecule has 0 unspecified atom stereocenters. The summed E-state index contributed by atoms with van der Waals surface area (Å²) in [4.78, 5) is 13.5. The van der Waals surface area contributed by atoms with Gasteiger partial charge in [-0.1, -0.05) is 84.9 Å². The second-order valence-electron chi connectivity index (χ2n) is 6.64. The standard InChI is InChI=1S/C25H17NO/c27-25(20-12-5-2-6-13-20)23-22(18-9-3-1-4-10-18)17-26-16-15-19-11-7-8-14-21(19)24(23)26/h1-17H. The molecule has 3 aromatic carbocycles. The van der Waals surface area contributed by atoms with Gasteiger partial charge in [0, 0.05) is 28.9 Å². The summed E-state index contributed by atoms with van der Waals surface area (Å²) in [6, 6.07) is 29.9. The average Bonchev–Trinajstić information content (AvgIpc) is 3.14. The number of carbonyl (C=O) groups excluding carboxylic acids is 1. The molecular weight excluding hydrogens is 330 g/mol. The van der Waals surface area contributed by atoms with E-state index in [9.17, 15) is 4.79 Å². The van der Waals surface area contributed by atoms with Gasteiger partial charge in [0.05, 0.1) is 11.1 Å². The van der Waals surface area contributed by atoms with E-state index in [4.69, 9.17) is 0 Å². The topological polar surface area (TPSA) is 21.5 Å². The molecule has 27 heavy (non-hydrogen) atoms. The number of rotatable bonds is 3. The van der Waals surface area contributed by atoms with Crippen LogP contribution in [0.15, 0.2) is 103 Å². The van der Waals surface area contributed by atoms with E-state index < -0.39 is 0 Å². The summed E-state index contributed by atoms with van der Waals surface area (Å²) in [5.41, 5.74) is 4.42. The van der Waals surface area contributed by atoms with Crippen LogP contribution in [0, 0.1) is 0 Å². The zero-order chi connectivity index (χ0) is 18.2. The van der Waals surface area contributed by atoms with Crippen LogP contribution in [0.3, 0.4) is 0 Å². The third kappa shape index (κ3) is 2.54. The van der Waals surface area contributed by atoms with Crippen molar-refractivity contribution in [2.45, 2.75) is 0 Å². The molecule has 0 aliphatic heterocycles. The van der Waals surface area contributed by atoms with Crippen molar-refractivity contribution in [3.8, 4) is 11.1 Å². The van der Waals surface area contributed by atoms with Crippen LogP contribution in [0.4, 0.5) is 0 Å². The SMILES string of the molecule is O=C(c1ccccc1)c1c(-c2ccccc2)cn2ccc3ccccc3c12. The molecular formula is C25H17NO. The molecule has 2 aromatic heterocycles. The van der Waals surface area contributed by atoms with E-state index in [-0.39, 0.29) is 5.78 Å². The van der Waals surface area contributed by atoms with Gasteiger partial charge in [0.2, 0.25) is 0 Å². The van der Waals surface area contributed by atoms with Crippen LogP contribution in [-0.2, 0) is 0 Å². The summed E-state index contributed by atoms with van der Waals surface area (Å²) in [7, 11) is 0. The van der Waals surface area contributed by atoms with E-state index in [2.05, 4.69) is 40.9 Å². The molecule has 128 valence electrons. The minimum absolute atomic E-state index is 0.0494. The lowest BCUT2D eigenvalue weighted by Crippen LogP contribution is -2.02. The Hall–Kier alpha value is -3.65. The van der Waals surface area contributed by atoms with Crippen LogP contribution in [0.2, 0.25) is 0 Å². The summed E-state index contributed by atoms with van der Waals surface area (Å²) < 4.78 is 2.07. The van der Waals surface area contributed by atoms with E-state index >= 15 is 0 Å². The summed E-state index contributed by atoms with van der Waals surface area (Å²) >= 11 is 0. The van der Waals surface area contributed by atoms with Crippen LogP contribution >= 0.6 is 0 Å². The Labute approximate surface area is 157 Å². The molecule has 0 atom stereocenters. The molecule has 0 bridgehead atoms. The highest BCUT2D eigenvalue weighted by molar-refractivity contribution is 6.21. The number of pyridine rings is 1. The predicted octanol–water partition coefficient (Wildman–Crippen LogP) is 5.99. The van der Waals surface area contributed by atoms with Crippen LogP contribution in [0.5, 0.6) is 0 Å². The van der Waals surface area contributed by atoms with Crippen LogP contribution < -0.4 is 0 Å². The molecule has 2 heteroatoms. The van der Waals surface area contributed by atoms with Gasteiger partial charge in [-0.05, 0) is 17.0 Å². The van der Waals surface area contributed by atoms with Gasteiger partial charge in [-0.15, -0.1) is 0 Å². The van der Waals surface area contributed by atoms with Crippen molar-refractivity contribution < 1.29 is 4.79 Å². The Balaban J connectivity index is 1.90. The maximum Gasteiger partial charge on any atom is 0.195 e. The fourth-order valence-electron chi connectivity index (χ4n) is 3.74. The first-order valence-corrected chi connectivity index (χ1v) is 9.00. The van der Waals surface area contributed by atoms with Gasteiger partial charge in [-0.3, -0.25) is 4.79 Å². The third-order valence-electron chi connectivity index (χ3n) is 5.01. The van der Waals surface area contributed by atoms with E-state index in [0.717, 1.165) is 33.0 Å². The molecule has 0 fully saturated rings. The Kier molecular flexibility index (Phi) is 3.61. The molecule has 0 aliphatic rings. The number of carbonyl (C=O) groups is 1. The number of ketones is 1. The highest BCUT2D eigenvalue weighted by Crippen LogP contribution is 2.34. The number of benzene rings is 3. The minimum atomic E-state index is 0.0494. The summed E-state index contributed by atoms with van der Waals surface area (Å²) in [5.74, 6) is 0.0494. The van der Waals surface area contributed by atoms with Crippen molar-refractivity contribution >= 4 is 22.1 Å². The normalized spacial score (nSPS) is 11.1. The van der Waals surface area contributed by atoms with Crippen molar-refractivity contribution in [1.29, 1.82) is 0 Å². The van der Waals surface area contributed by atoms with E-state index in [1.54, 1.807) is 0 Å². The molecule has 5 rings (SSSR count). The predicted molar refractivity (Wildman–Crippen MR) is 110 cm³/mol. The van der Waals surface area contributed by atoms with Gasteiger partial charge < -0.3 is 4.40 Å². The van der Waals surface area contributed by atoms with Gasteiger partial charge in [0.15, 0.2) is 5.78 Å². The molecule has 0 saturated carbocycles. The quantitative estimate of drug-likeness (QED) is 0.367.